The lowest BCUT2D eigenvalue weighted by molar-refractivity contribution is -0.117. The van der Waals surface area contributed by atoms with Crippen molar-refractivity contribution in [1.29, 1.82) is 0 Å². The summed E-state index contributed by atoms with van der Waals surface area (Å²) < 4.78 is 0. The van der Waals surface area contributed by atoms with Crippen molar-refractivity contribution in [3.63, 3.8) is 0 Å². The molecule has 1 amide bonds. The molecule has 0 unspecified atom stereocenters. The largest absolute Gasteiger partial charge is 0.338 e. The number of H-pyrrole nitrogens is 1. The molecule has 2 N–H and O–H groups in total. The monoisotopic (exact) mass is 405 g/mol. The van der Waals surface area contributed by atoms with Crippen LogP contribution in [0.4, 0.5) is 5.00 Å². The zero-order chi connectivity index (χ0) is 19.4. The van der Waals surface area contributed by atoms with Gasteiger partial charge >= 0.3 is 0 Å². The lowest BCUT2D eigenvalue weighted by Gasteiger charge is -2.20. The number of aromatic nitrogens is 2. The van der Waals surface area contributed by atoms with Crippen LogP contribution in [0.2, 0.25) is 0 Å². The second kappa shape index (κ2) is 6.98. The molecular weight excluding hydrogens is 378 g/mol. The third kappa shape index (κ3) is 3.10. The number of para-hydroxylation sites is 2. The number of anilines is 1. The van der Waals surface area contributed by atoms with Gasteiger partial charge in [0.15, 0.2) is 0 Å². The zero-order valence-corrected chi connectivity index (χ0v) is 17.5. The van der Waals surface area contributed by atoms with E-state index in [9.17, 15) is 4.79 Å². The van der Waals surface area contributed by atoms with E-state index in [1.807, 2.05) is 18.2 Å². The van der Waals surface area contributed by atoms with Gasteiger partial charge in [0, 0.05) is 11.3 Å². The third-order valence-electron chi connectivity index (χ3n) is 7.38. The molecule has 0 radical (unpaired) electrons. The number of thiophene rings is 1. The molecule has 150 valence electrons. The van der Waals surface area contributed by atoms with E-state index in [1.165, 1.54) is 49.0 Å². The Morgan fingerprint density at radius 2 is 2.07 bits per heavy atom. The summed E-state index contributed by atoms with van der Waals surface area (Å²) in [5, 5.41) is 4.32. The summed E-state index contributed by atoms with van der Waals surface area (Å²) in [5.74, 6) is 3.37. The molecule has 0 aliphatic heterocycles. The number of aryl methyl sites for hydroxylation is 1. The highest BCUT2D eigenvalue weighted by Gasteiger charge is 2.40. The minimum atomic E-state index is 0.193. The minimum absolute atomic E-state index is 0.193. The number of benzene rings is 1. The van der Waals surface area contributed by atoms with Crippen LogP contribution in [-0.2, 0) is 17.6 Å². The van der Waals surface area contributed by atoms with Gasteiger partial charge in [-0.25, -0.2) is 4.98 Å². The Bertz CT molecular complexity index is 1050. The quantitative estimate of drug-likeness (QED) is 0.565. The van der Waals surface area contributed by atoms with Crippen LogP contribution in [0.3, 0.4) is 0 Å². The summed E-state index contributed by atoms with van der Waals surface area (Å²) >= 11 is 1.78. The average molecular weight is 406 g/mol. The molecule has 2 saturated carbocycles. The fourth-order valence-corrected chi connectivity index (χ4v) is 7.32. The molecule has 29 heavy (non-hydrogen) atoms. The zero-order valence-electron chi connectivity index (χ0n) is 16.7. The highest BCUT2D eigenvalue weighted by Crippen LogP contribution is 2.50. The lowest BCUT2D eigenvalue weighted by atomic mass is 9.86. The first-order chi connectivity index (χ1) is 14.2. The van der Waals surface area contributed by atoms with Crippen molar-refractivity contribution in [3.05, 3.63) is 34.7 Å². The normalized spacial score (nSPS) is 25.4. The number of nitrogens with one attached hydrogen (secondary N) is 2. The summed E-state index contributed by atoms with van der Waals surface area (Å²) in [5.41, 5.74) is 4.58. The SMILES string of the molecule is O=C(C[C@@H]1C[C@@H]2CC[C@@H]1C2)Nc1sc2c(c1-c1nc3ccccc3[nH]1)CCCC2. The summed E-state index contributed by atoms with van der Waals surface area (Å²) in [7, 11) is 0. The molecule has 0 saturated heterocycles. The molecule has 2 heterocycles. The van der Waals surface area contributed by atoms with Crippen LogP contribution in [-0.4, -0.2) is 15.9 Å². The van der Waals surface area contributed by atoms with E-state index in [0.717, 1.165) is 52.1 Å². The number of aromatic amines is 1. The molecule has 2 aromatic heterocycles. The van der Waals surface area contributed by atoms with Crippen molar-refractivity contribution in [1.82, 2.24) is 9.97 Å². The number of rotatable bonds is 4. The van der Waals surface area contributed by atoms with Crippen molar-refractivity contribution in [2.45, 2.75) is 57.8 Å². The van der Waals surface area contributed by atoms with E-state index < -0.39 is 0 Å². The van der Waals surface area contributed by atoms with E-state index in [-0.39, 0.29) is 5.91 Å². The Kier molecular flexibility index (Phi) is 4.26. The first-order valence-electron chi connectivity index (χ1n) is 11.1. The van der Waals surface area contributed by atoms with Crippen molar-refractivity contribution < 1.29 is 4.79 Å². The van der Waals surface area contributed by atoms with Crippen LogP contribution in [0.5, 0.6) is 0 Å². The van der Waals surface area contributed by atoms with Crippen LogP contribution < -0.4 is 5.32 Å². The van der Waals surface area contributed by atoms with Crippen molar-refractivity contribution in [2.24, 2.45) is 17.8 Å². The topological polar surface area (TPSA) is 57.8 Å². The maximum absolute atomic E-state index is 13.0. The molecule has 3 aliphatic rings. The molecule has 4 nitrogen and oxygen atoms in total. The van der Waals surface area contributed by atoms with Gasteiger partial charge in [-0.3, -0.25) is 4.79 Å². The van der Waals surface area contributed by atoms with Gasteiger partial charge in [0.25, 0.3) is 0 Å². The highest BCUT2D eigenvalue weighted by molar-refractivity contribution is 7.17. The molecule has 5 heteroatoms. The number of carbonyl (C=O) groups is 1. The van der Waals surface area contributed by atoms with Crippen LogP contribution >= 0.6 is 11.3 Å². The summed E-state index contributed by atoms with van der Waals surface area (Å²) in [6, 6.07) is 8.17. The molecule has 1 aromatic carbocycles. The molecule has 0 spiro atoms. The van der Waals surface area contributed by atoms with Crippen molar-refractivity contribution in [2.75, 3.05) is 5.32 Å². The Balaban J connectivity index is 1.32. The van der Waals surface area contributed by atoms with E-state index in [0.29, 0.717) is 12.3 Å². The molecule has 2 fully saturated rings. The maximum Gasteiger partial charge on any atom is 0.225 e. The van der Waals surface area contributed by atoms with E-state index >= 15 is 0 Å². The minimum Gasteiger partial charge on any atom is -0.338 e. The number of fused-ring (bicyclic) bond motifs is 4. The number of hydrogen-bond donors (Lipinski definition) is 2. The van der Waals surface area contributed by atoms with E-state index in [1.54, 1.807) is 11.3 Å². The Morgan fingerprint density at radius 1 is 1.17 bits per heavy atom. The van der Waals surface area contributed by atoms with Crippen molar-refractivity contribution in [3.8, 4) is 11.4 Å². The van der Waals surface area contributed by atoms with Crippen LogP contribution in [0.25, 0.3) is 22.4 Å². The Labute approximate surface area is 175 Å². The molecule has 2 bridgehead atoms. The smallest absolute Gasteiger partial charge is 0.225 e. The standard InChI is InChI=1S/C24H27N3OS/c28-21(13-16-12-14-9-10-15(16)11-14)27-24-22(17-5-1-4-8-20(17)29-24)23-25-18-6-2-3-7-19(18)26-23/h2-3,6-7,14-16H,1,4-5,8-13H2,(H,25,26)(H,27,28)/t14-,15-,16+/m1/s1. The molecule has 3 aromatic rings. The Morgan fingerprint density at radius 3 is 2.90 bits per heavy atom. The first kappa shape index (κ1) is 17.7. The van der Waals surface area contributed by atoms with Gasteiger partial charge in [-0.1, -0.05) is 18.6 Å². The fraction of sp³-hybridized carbons (Fsp3) is 0.500. The average Bonchev–Trinajstić information content (AvgIpc) is 3.49. The molecule has 3 aliphatic carbocycles. The number of amides is 1. The second-order valence-corrected chi connectivity index (χ2v) is 10.3. The lowest BCUT2D eigenvalue weighted by Crippen LogP contribution is -2.20. The number of imidazole rings is 1. The number of nitrogens with zero attached hydrogens (tertiary/aromatic N) is 1. The number of carbonyl (C=O) groups excluding carboxylic acids is 1. The maximum atomic E-state index is 13.0. The van der Waals surface area contributed by atoms with Crippen LogP contribution in [0.15, 0.2) is 24.3 Å². The van der Waals surface area contributed by atoms with Crippen LogP contribution in [0.1, 0.15) is 55.4 Å². The van der Waals surface area contributed by atoms with Crippen molar-refractivity contribution >= 4 is 33.3 Å². The van der Waals surface area contributed by atoms with Gasteiger partial charge in [-0.05, 0) is 80.4 Å². The van der Waals surface area contributed by atoms with Gasteiger partial charge < -0.3 is 10.3 Å². The van der Waals surface area contributed by atoms with Crippen LogP contribution in [0, 0.1) is 17.8 Å². The molecular formula is C24H27N3OS. The molecule has 6 rings (SSSR count). The fourth-order valence-electron chi connectivity index (χ4n) is 6.02. The third-order valence-corrected chi connectivity index (χ3v) is 8.59. The Hall–Kier alpha value is -2.14. The molecule has 3 atom stereocenters. The van der Waals surface area contributed by atoms with Gasteiger partial charge in [-0.15, -0.1) is 11.3 Å². The second-order valence-electron chi connectivity index (χ2n) is 9.20. The van der Waals surface area contributed by atoms with Gasteiger partial charge in [0.1, 0.15) is 10.8 Å². The van der Waals surface area contributed by atoms with E-state index in [2.05, 4.69) is 16.4 Å². The van der Waals surface area contributed by atoms with E-state index in [4.69, 9.17) is 4.98 Å². The summed E-state index contributed by atoms with van der Waals surface area (Å²) in [6.07, 6.45) is 10.7. The summed E-state index contributed by atoms with van der Waals surface area (Å²) in [6.45, 7) is 0. The van der Waals surface area contributed by atoms with Gasteiger partial charge in [0.2, 0.25) is 5.91 Å². The highest BCUT2D eigenvalue weighted by atomic mass is 32.1. The predicted molar refractivity (Wildman–Crippen MR) is 118 cm³/mol. The summed E-state index contributed by atoms with van der Waals surface area (Å²) in [4.78, 5) is 22.8. The number of hydrogen-bond acceptors (Lipinski definition) is 3. The van der Waals surface area contributed by atoms with Gasteiger partial charge in [0.05, 0.1) is 16.6 Å². The van der Waals surface area contributed by atoms with Gasteiger partial charge in [-0.2, -0.15) is 0 Å². The predicted octanol–water partition coefficient (Wildman–Crippen LogP) is 5.94. The first-order valence-corrected chi connectivity index (χ1v) is 12.0.